The number of carbonyl (C=O) groups is 2. The fourth-order valence-corrected chi connectivity index (χ4v) is 5.03. The second-order valence-corrected chi connectivity index (χ2v) is 9.02. The smallest absolute Gasteiger partial charge is 0.233 e. The minimum Gasteiger partial charge on any atom is -0.497 e. The maximum Gasteiger partial charge on any atom is 0.233 e. The van der Waals surface area contributed by atoms with Gasteiger partial charge in [0, 0.05) is 46.2 Å². The molecule has 2 saturated heterocycles. The first kappa shape index (κ1) is 22.1. The van der Waals surface area contributed by atoms with Crippen LogP contribution in [0.2, 0.25) is 0 Å². The summed E-state index contributed by atoms with van der Waals surface area (Å²) in [5.74, 6) is 1.14. The summed E-state index contributed by atoms with van der Waals surface area (Å²) in [7, 11) is 1.65. The summed E-state index contributed by atoms with van der Waals surface area (Å²) in [6, 6.07) is 8.02. The van der Waals surface area contributed by atoms with Crippen LogP contribution in [0, 0.1) is 0 Å². The van der Waals surface area contributed by atoms with E-state index in [1.165, 1.54) is 0 Å². The van der Waals surface area contributed by atoms with Crippen LogP contribution < -0.4 is 4.74 Å². The van der Waals surface area contributed by atoms with Gasteiger partial charge < -0.3 is 19.3 Å². The lowest BCUT2D eigenvalue weighted by molar-refractivity contribution is -0.135. The number of methoxy groups -OCH3 is 1. The third-order valence-corrected chi connectivity index (χ3v) is 7.07. The van der Waals surface area contributed by atoms with Gasteiger partial charge in [-0.3, -0.25) is 14.5 Å². The molecule has 3 aliphatic rings. The zero-order valence-corrected chi connectivity index (χ0v) is 18.8. The van der Waals surface area contributed by atoms with Crippen molar-refractivity contribution < 1.29 is 19.1 Å². The van der Waals surface area contributed by atoms with Crippen molar-refractivity contribution >= 4 is 11.8 Å². The second-order valence-electron chi connectivity index (χ2n) is 9.02. The van der Waals surface area contributed by atoms with Crippen molar-refractivity contribution in [3.05, 3.63) is 29.8 Å². The first-order valence-electron chi connectivity index (χ1n) is 11.5. The lowest BCUT2D eigenvalue weighted by Gasteiger charge is -2.31. The zero-order chi connectivity index (χ0) is 21.8. The van der Waals surface area contributed by atoms with Crippen LogP contribution in [-0.2, 0) is 19.7 Å². The topological polar surface area (TPSA) is 62.3 Å². The van der Waals surface area contributed by atoms with Crippen molar-refractivity contribution in [1.82, 2.24) is 14.7 Å². The maximum absolute atomic E-state index is 13.4. The minimum atomic E-state index is -0.376. The highest BCUT2D eigenvalue weighted by Crippen LogP contribution is 2.50. The molecular formula is C24H35N3O4. The largest absolute Gasteiger partial charge is 0.497 e. The Bertz CT molecular complexity index is 772. The Balaban J connectivity index is 1.33. The zero-order valence-electron chi connectivity index (χ0n) is 18.8. The SMILES string of the molecule is COc1ccc(C2(C(=O)N3CCC(N(CCCN4CCOCC4)C(C)=O)C3)CC2)cc1. The van der Waals surface area contributed by atoms with Crippen LogP contribution >= 0.6 is 0 Å². The van der Waals surface area contributed by atoms with Gasteiger partial charge in [-0.2, -0.15) is 0 Å². The van der Waals surface area contributed by atoms with Crippen LogP contribution in [0.4, 0.5) is 0 Å². The van der Waals surface area contributed by atoms with Crippen LogP contribution in [0.15, 0.2) is 24.3 Å². The number of likely N-dealkylation sites (tertiary alicyclic amines) is 1. The highest BCUT2D eigenvalue weighted by atomic mass is 16.5. The number of benzene rings is 1. The van der Waals surface area contributed by atoms with Gasteiger partial charge in [0.15, 0.2) is 0 Å². The van der Waals surface area contributed by atoms with E-state index < -0.39 is 0 Å². The van der Waals surface area contributed by atoms with Gasteiger partial charge in [-0.1, -0.05) is 12.1 Å². The Kier molecular flexibility index (Phi) is 6.82. The van der Waals surface area contributed by atoms with Gasteiger partial charge in [0.1, 0.15) is 5.75 Å². The molecule has 7 heteroatoms. The van der Waals surface area contributed by atoms with Crippen molar-refractivity contribution in [3.8, 4) is 5.75 Å². The fourth-order valence-electron chi connectivity index (χ4n) is 5.03. The van der Waals surface area contributed by atoms with Crippen molar-refractivity contribution in [3.63, 3.8) is 0 Å². The van der Waals surface area contributed by atoms with Crippen molar-refractivity contribution in [2.75, 3.05) is 59.6 Å². The van der Waals surface area contributed by atoms with E-state index in [2.05, 4.69) is 4.90 Å². The van der Waals surface area contributed by atoms with Gasteiger partial charge in [-0.15, -0.1) is 0 Å². The Morgan fingerprint density at radius 1 is 1.16 bits per heavy atom. The van der Waals surface area contributed by atoms with E-state index in [9.17, 15) is 9.59 Å². The van der Waals surface area contributed by atoms with Crippen LogP contribution in [-0.4, -0.2) is 92.1 Å². The number of amides is 2. The van der Waals surface area contributed by atoms with Crippen molar-refractivity contribution in [1.29, 1.82) is 0 Å². The molecule has 0 N–H and O–H groups in total. The first-order valence-corrected chi connectivity index (χ1v) is 11.5. The van der Waals surface area contributed by atoms with E-state index in [4.69, 9.17) is 9.47 Å². The number of nitrogens with zero attached hydrogens (tertiary/aromatic N) is 3. The molecule has 0 spiro atoms. The fraction of sp³-hybridized carbons (Fsp3) is 0.667. The second kappa shape index (κ2) is 9.57. The Morgan fingerprint density at radius 2 is 1.87 bits per heavy atom. The predicted octanol–water partition coefficient (Wildman–Crippen LogP) is 1.90. The number of carbonyl (C=O) groups excluding carboxylic acids is 2. The normalized spacial score (nSPS) is 22.9. The third kappa shape index (κ3) is 4.88. The lowest BCUT2D eigenvalue weighted by atomic mass is 9.94. The molecule has 3 fully saturated rings. The number of rotatable bonds is 8. The standard InChI is InChI=1S/C24H35N3O4/c1-19(28)27(12-3-11-25-14-16-31-17-15-25)21-8-13-26(18-21)23(29)24(9-10-24)20-4-6-22(30-2)7-5-20/h4-7,21H,3,8-18H2,1-2H3. The average Bonchev–Trinajstić information content (AvgIpc) is 3.47. The summed E-state index contributed by atoms with van der Waals surface area (Å²) in [6.07, 6.45) is 3.62. The van der Waals surface area contributed by atoms with E-state index in [-0.39, 0.29) is 23.3 Å². The van der Waals surface area contributed by atoms with Crippen LogP contribution in [0.3, 0.4) is 0 Å². The first-order chi connectivity index (χ1) is 15.0. The molecule has 2 aliphatic heterocycles. The molecule has 31 heavy (non-hydrogen) atoms. The molecule has 2 heterocycles. The summed E-state index contributed by atoms with van der Waals surface area (Å²) < 4.78 is 10.7. The van der Waals surface area contributed by atoms with E-state index in [1.807, 2.05) is 34.1 Å². The van der Waals surface area contributed by atoms with Crippen LogP contribution in [0.1, 0.15) is 38.2 Å². The Morgan fingerprint density at radius 3 is 2.48 bits per heavy atom. The number of hydrogen-bond acceptors (Lipinski definition) is 5. The molecule has 1 saturated carbocycles. The molecule has 0 radical (unpaired) electrons. The summed E-state index contributed by atoms with van der Waals surface area (Å²) in [5.41, 5.74) is 0.703. The molecule has 2 amide bonds. The van der Waals surface area contributed by atoms with Crippen molar-refractivity contribution in [2.24, 2.45) is 0 Å². The predicted molar refractivity (Wildman–Crippen MR) is 118 cm³/mol. The van der Waals surface area contributed by atoms with Gasteiger partial charge >= 0.3 is 0 Å². The molecule has 170 valence electrons. The lowest BCUT2D eigenvalue weighted by Crippen LogP contribution is -2.45. The van der Waals surface area contributed by atoms with E-state index in [0.717, 1.165) is 82.9 Å². The molecule has 1 aromatic rings. The van der Waals surface area contributed by atoms with E-state index in [1.54, 1.807) is 14.0 Å². The number of hydrogen-bond donors (Lipinski definition) is 0. The van der Waals surface area contributed by atoms with E-state index >= 15 is 0 Å². The maximum atomic E-state index is 13.4. The highest BCUT2D eigenvalue weighted by Gasteiger charge is 2.54. The molecule has 1 atom stereocenters. The van der Waals surface area contributed by atoms with Gasteiger partial charge in [-0.05, 0) is 43.4 Å². The molecule has 4 rings (SSSR count). The Labute approximate surface area is 185 Å². The van der Waals surface area contributed by atoms with E-state index in [0.29, 0.717) is 6.54 Å². The molecule has 0 aromatic heterocycles. The van der Waals surface area contributed by atoms with Gasteiger partial charge in [-0.25, -0.2) is 0 Å². The number of morpholine rings is 1. The summed E-state index contributed by atoms with van der Waals surface area (Å²) in [5, 5.41) is 0. The summed E-state index contributed by atoms with van der Waals surface area (Å²) in [6.45, 7) is 8.31. The van der Waals surface area contributed by atoms with Gasteiger partial charge in [0.25, 0.3) is 0 Å². The number of ether oxygens (including phenoxy) is 2. The monoisotopic (exact) mass is 429 g/mol. The Hall–Kier alpha value is -2.12. The van der Waals surface area contributed by atoms with Gasteiger partial charge in [0.05, 0.1) is 31.8 Å². The molecule has 1 aliphatic carbocycles. The minimum absolute atomic E-state index is 0.109. The molecule has 0 bridgehead atoms. The summed E-state index contributed by atoms with van der Waals surface area (Å²) >= 11 is 0. The van der Waals surface area contributed by atoms with Crippen LogP contribution in [0.5, 0.6) is 5.75 Å². The molecule has 7 nitrogen and oxygen atoms in total. The molecule has 1 unspecified atom stereocenters. The summed E-state index contributed by atoms with van der Waals surface area (Å²) in [4.78, 5) is 32.1. The van der Waals surface area contributed by atoms with Crippen molar-refractivity contribution in [2.45, 2.75) is 44.1 Å². The average molecular weight is 430 g/mol. The highest BCUT2D eigenvalue weighted by molar-refractivity contribution is 5.91. The molecular weight excluding hydrogens is 394 g/mol. The van der Waals surface area contributed by atoms with Crippen LogP contribution in [0.25, 0.3) is 0 Å². The quantitative estimate of drug-likeness (QED) is 0.632. The molecule has 1 aromatic carbocycles. The van der Waals surface area contributed by atoms with Gasteiger partial charge in [0.2, 0.25) is 11.8 Å². The third-order valence-electron chi connectivity index (χ3n) is 7.07.